The van der Waals surface area contributed by atoms with E-state index >= 15 is 0 Å². The van der Waals surface area contributed by atoms with E-state index in [9.17, 15) is 4.79 Å². The highest BCUT2D eigenvalue weighted by molar-refractivity contribution is 8.26. The molecule has 1 heterocycles. The van der Waals surface area contributed by atoms with Crippen molar-refractivity contribution in [2.45, 2.75) is 6.92 Å². The Hall–Kier alpha value is -1.33. The van der Waals surface area contributed by atoms with Crippen molar-refractivity contribution in [1.29, 1.82) is 0 Å². The molecular formula is C12H12N2OS2. The van der Waals surface area contributed by atoms with Gasteiger partial charge in [-0.25, -0.2) is 0 Å². The summed E-state index contributed by atoms with van der Waals surface area (Å²) in [7, 11) is 1.66. The third-order valence-corrected chi connectivity index (χ3v) is 4.14. The molecule has 2 rings (SSSR count). The number of amides is 1. The summed E-state index contributed by atoms with van der Waals surface area (Å²) in [6, 6.07) is 7.75. The van der Waals surface area contributed by atoms with Crippen molar-refractivity contribution in [2.24, 2.45) is 5.73 Å². The number of hydrogen-bond acceptors (Lipinski definition) is 4. The van der Waals surface area contributed by atoms with E-state index in [1.807, 2.05) is 31.2 Å². The van der Waals surface area contributed by atoms with Gasteiger partial charge in [0.05, 0.1) is 5.70 Å². The third-order valence-electron chi connectivity index (χ3n) is 2.57. The summed E-state index contributed by atoms with van der Waals surface area (Å²) in [6.07, 6.45) is 0. The lowest BCUT2D eigenvalue weighted by Crippen LogP contribution is -2.23. The number of thiocarbonyl (C=S) groups is 1. The van der Waals surface area contributed by atoms with Gasteiger partial charge in [0.1, 0.15) is 9.23 Å². The summed E-state index contributed by atoms with van der Waals surface area (Å²) in [5, 5.41) is 0. The van der Waals surface area contributed by atoms with E-state index in [2.05, 4.69) is 0 Å². The van der Waals surface area contributed by atoms with Crippen LogP contribution in [0.3, 0.4) is 0 Å². The Morgan fingerprint density at radius 2 is 1.94 bits per heavy atom. The van der Waals surface area contributed by atoms with Gasteiger partial charge >= 0.3 is 0 Å². The average molecular weight is 264 g/mol. The molecule has 3 nitrogen and oxygen atoms in total. The molecule has 0 radical (unpaired) electrons. The van der Waals surface area contributed by atoms with E-state index in [-0.39, 0.29) is 5.91 Å². The quantitative estimate of drug-likeness (QED) is 0.623. The first-order valence-corrected chi connectivity index (χ1v) is 6.30. The molecule has 5 heteroatoms. The Bertz CT molecular complexity index is 520. The van der Waals surface area contributed by atoms with E-state index in [0.29, 0.717) is 14.9 Å². The molecule has 1 aromatic rings. The van der Waals surface area contributed by atoms with Gasteiger partial charge in [0.25, 0.3) is 5.91 Å². The first-order valence-electron chi connectivity index (χ1n) is 5.07. The molecule has 0 spiro atoms. The molecule has 0 aromatic heterocycles. The normalized spacial score (nSPS) is 18.8. The van der Waals surface area contributed by atoms with E-state index < -0.39 is 0 Å². The van der Waals surface area contributed by atoms with Crippen molar-refractivity contribution in [2.75, 3.05) is 7.05 Å². The zero-order valence-electron chi connectivity index (χ0n) is 9.56. The smallest absolute Gasteiger partial charge is 0.268 e. The van der Waals surface area contributed by atoms with Crippen molar-refractivity contribution in [1.82, 2.24) is 4.90 Å². The average Bonchev–Trinajstić information content (AvgIpc) is 2.57. The molecule has 0 saturated carbocycles. The number of benzene rings is 1. The summed E-state index contributed by atoms with van der Waals surface area (Å²) < 4.78 is 0.542. The van der Waals surface area contributed by atoms with Gasteiger partial charge in [0, 0.05) is 7.05 Å². The molecule has 1 aliphatic rings. The predicted octanol–water partition coefficient (Wildman–Crippen LogP) is 2.11. The Morgan fingerprint density at radius 1 is 1.35 bits per heavy atom. The van der Waals surface area contributed by atoms with Gasteiger partial charge in [0.2, 0.25) is 0 Å². The second-order valence-corrected chi connectivity index (χ2v) is 5.49. The van der Waals surface area contributed by atoms with E-state index in [1.54, 1.807) is 7.05 Å². The molecule has 88 valence electrons. The van der Waals surface area contributed by atoms with Gasteiger partial charge in [-0.05, 0) is 12.5 Å². The van der Waals surface area contributed by atoms with Crippen LogP contribution >= 0.6 is 24.0 Å². The second-order valence-electron chi connectivity index (χ2n) is 3.84. The standard InChI is InChI=1S/C12H12N2OS2/c1-7-3-5-8(6-4-7)9(13)10-11(15)14(2)12(16)17-10/h3-6H,13H2,1-2H3. The number of nitrogens with zero attached hydrogens (tertiary/aromatic N) is 1. The zero-order valence-corrected chi connectivity index (χ0v) is 11.2. The monoisotopic (exact) mass is 264 g/mol. The SMILES string of the molecule is Cc1ccc(C(N)=C2SC(=S)N(C)C2=O)cc1. The number of thioether (sulfide) groups is 1. The van der Waals surface area contributed by atoms with Crippen molar-refractivity contribution in [3.8, 4) is 0 Å². The maximum absolute atomic E-state index is 11.9. The Labute approximate surface area is 110 Å². The molecular weight excluding hydrogens is 252 g/mol. The highest BCUT2D eigenvalue weighted by atomic mass is 32.2. The van der Waals surface area contributed by atoms with Gasteiger partial charge in [-0.1, -0.05) is 53.8 Å². The van der Waals surface area contributed by atoms with Gasteiger partial charge < -0.3 is 5.73 Å². The summed E-state index contributed by atoms with van der Waals surface area (Å²) in [4.78, 5) is 13.8. The van der Waals surface area contributed by atoms with E-state index in [4.69, 9.17) is 18.0 Å². The topological polar surface area (TPSA) is 46.3 Å². The minimum absolute atomic E-state index is 0.127. The Morgan fingerprint density at radius 3 is 2.41 bits per heavy atom. The molecule has 2 N–H and O–H groups in total. The minimum Gasteiger partial charge on any atom is -0.397 e. The maximum atomic E-state index is 11.9. The van der Waals surface area contributed by atoms with Crippen LogP contribution in [-0.2, 0) is 4.79 Å². The van der Waals surface area contributed by atoms with Crippen LogP contribution < -0.4 is 5.73 Å². The molecule has 1 saturated heterocycles. The minimum atomic E-state index is -0.127. The van der Waals surface area contributed by atoms with Crippen LogP contribution in [0.15, 0.2) is 29.2 Å². The number of likely N-dealkylation sites (N-methyl/N-ethyl adjacent to an activating group) is 1. The van der Waals surface area contributed by atoms with E-state index in [1.165, 1.54) is 16.7 Å². The lowest BCUT2D eigenvalue weighted by Gasteiger charge is -2.06. The molecule has 1 aromatic carbocycles. The van der Waals surface area contributed by atoms with Crippen LogP contribution in [0.2, 0.25) is 0 Å². The Kier molecular flexibility index (Phi) is 3.22. The lowest BCUT2D eigenvalue weighted by molar-refractivity contribution is -0.121. The number of hydrogen-bond donors (Lipinski definition) is 1. The predicted molar refractivity (Wildman–Crippen MR) is 75.2 cm³/mol. The highest BCUT2D eigenvalue weighted by Crippen LogP contribution is 2.33. The highest BCUT2D eigenvalue weighted by Gasteiger charge is 2.31. The van der Waals surface area contributed by atoms with Gasteiger partial charge in [-0.15, -0.1) is 0 Å². The van der Waals surface area contributed by atoms with Crippen LogP contribution in [0.1, 0.15) is 11.1 Å². The molecule has 0 unspecified atom stereocenters. The number of carbonyl (C=O) groups is 1. The molecule has 0 atom stereocenters. The van der Waals surface area contributed by atoms with Crippen LogP contribution in [-0.4, -0.2) is 22.2 Å². The molecule has 17 heavy (non-hydrogen) atoms. The number of rotatable bonds is 1. The van der Waals surface area contributed by atoms with Gasteiger partial charge in [-0.2, -0.15) is 0 Å². The fourth-order valence-corrected chi connectivity index (χ4v) is 2.65. The largest absolute Gasteiger partial charge is 0.397 e. The number of nitrogens with two attached hydrogens (primary N) is 1. The van der Waals surface area contributed by atoms with Gasteiger partial charge in [-0.3, -0.25) is 9.69 Å². The molecule has 1 amide bonds. The summed E-state index contributed by atoms with van der Waals surface area (Å²) in [6.45, 7) is 2.01. The van der Waals surface area contributed by atoms with Crippen LogP contribution in [0.4, 0.5) is 0 Å². The summed E-state index contributed by atoms with van der Waals surface area (Å²) >= 11 is 6.32. The molecule has 0 bridgehead atoms. The third kappa shape index (κ3) is 2.21. The molecule has 1 fully saturated rings. The fraction of sp³-hybridized carbons (Fsp3) is 0.167. The summed E-state index contributed by atoms with van der Waals surface area (Å²) in [5.74, 6) is -0.127. The van der Waals surface area contributed by atoms with Crippen molar-refractivity contribution in [3.05, 3.63) is 40.3 Å². The fourth-order valence-electron chi connectivity index (χ4n) is 1.47. The maximum Gasteiger partial charge on any atom is 0.268 e. The second kappa shape index (κ2) is 4.50. The lowest BCUT2D eigenvalue weighted by atomic mass is 10.1. The first-order chi connectivity index (χ1) is 8.00. The molecule has 0 aliphatic carbocycles. The van der Waals surface area contributed by atoms with E-state index in [0.717, 1.165) is 11.1 Å². The Balaban J connectivity index is 2.43. The molecule has 1 aliphatic heterocycles. The zero-order chi connectivity index (χ0) is 12.6. The van der Waals surface area contributed by atoms with Crippen LogP contribution in [0.5, 0.6) is 0 Å². The number of aryl methyl sites for hydroxylation is 1. The van der Waals surface area contributed by atoms with Gasteiger partial charge in [0.15, 0.2) is 0 Å². The van der Waals surface area contributed by atoms with Crippen molar-refractivity contribution < 1.29 is 4.79 Å². The summed E-state index contributed by atoms with van der Waals surface area (Å²) in [5.41, 5.74) is 8.52. The van der Waals surface area contributed by atoms with Crippen molar-refractivity contribution in [3.63, 3.8) is 0 Å². The van der Waals surface area contributed by atoms with Crippen molar-refractivity contribution >= 4 is 39.9 Å². The number of carbonyl (C=O) groups excluding carboxylic acids is 1. The first kappa shape index (κ1) is 12.1. The van der Waals surface area contributed by atoms with Crippen LogP contribution in [0.25, 0.3) is 5.70 Å². The van der Waals surface area contributed by atoms with Crippen LogP contribution in [0, 0.1) is 6.92 Å².